The fourth-order valence-electron chi connectivity index (χ4n) is 2.33. The van der Waals surface area contributed by atoms with Crippen LogP contribution in [-0.4, -0.2) is 42.1 Å². The van der Waals surface area contributed by atoms with Crippen molar-refractivity contribution in [3.05, 3.63) is 30.1 Å². The smallest absolute Gasteiger partial charge is 0.0270 e. The summed E-state index contributed by atoms with van der Waals surface area (Å²) in [5, 5.41) is 3.52. The zero-order valence-electron chi connectivity index (χ0n) is 10.0. The molecular weight excluding hydrogens is 198 g/mol. The van der Waals surface area contributed by atoms with Gasteiger partial charge in [-0.15, -0.1) is 0 Å². The van der Waals surface area contributed by atoms with Gasteiger partial charge in [0.25, 0.3) is 0 Å². The molecule has 0 saturated carbocycles. The van der Waals surface area contributed by atoms with Crippen LogP contribution >= 0.6 is 0 Å². The molecule has 1 fully saturated rings. The summed E-state index contributed by atoms with van der Waals surface area (Å²) in [5.41, 5.74) is 1.39. The van der Waals surface area contributed by atoms with Crippen LogP contribution in [-0.2, 0) is 6.42 Å². The Labute approximate surface area is 97.9 Å². The van der Waals surface area contributed by atoms with Crippen LogP contribution in [0.25, 0.3) is 0 Å². The van der Waals surface area contributed by atoms with E-state index in [4.69, 9.17) is 0 Å². The molecule has 1 atom stereocenters. The van der Waals surface area contributed by atoms with Gasteiger partial charge in [-0.3, -0.25) is 4.98 Å². The Balaban J connectivity index is 1.72. The molecule has 1 saturated heterocycles. The molecule has 0 aromatic carbocycles. The van der Waals surface area contributed by atoms with E-state index in [0.29, 0.717) is 6.04 Å². The average molecular weight is 219 g/mol. The average Bonchev–Trinajstić information content (AvgIpc) is 2.76. The maximum absolute atomic E-state index is 4.04. The van der Waals surface area contributed by atoms with Crippen molar-refractivity contribution < 1.29 is 0 Å². The second-order valence-corrected chi connectivity index (χ2v) is 4.45. The summed E-state index contributed by atoms with van der Waals surface area (Å²) in [7, 11) is 0. The molecule has 2 heterocycles. The minimum absolute atomic E-state index is 0.711. The number of aromatic nitrogens is 1. The maximum atomic E-state index is 4.04. The van der Waals surface area contributed by atoms with Crippen molar-refractivity contribution in [2.45, 2.75) is 25.8 Å². The van der Waals surface area contributed by atoms with Crippen molar-refractivity contribution >= 4 is 0 Å². The van der Waals surface area contributed by atoms with Crippen LogP contribution in [0, 0.1) is 0 Å². The van der Waals surface area contributed by atoms with Crippen LogP contribution in [0.2, 0.25) is 0 Å². The highest BCUT2D eigenvalue weighted by Gasteiger charge is 2.20. The molecule has 1 aromatic heterocycles. The van der Waals surface area contributed by atoms with Crippen LogP contribution in [0.4, 0.5) is 0 Å². The molecule has 1 aromatic rings. The van der Waals surface area contributed by atoms with E-state index in [2.05, 4.69) is 34.3 Å². The van der Waals surface area contributed by atoms with E-state index in [9.17, 15) is 0 Å². The van der Waals surface area contributed by atoms with E-state index in [1.807, 2.05) is 12.4 Å². The molecule has 1 aliphatic heterocycles. The lowest BCUT2D eigenvalue weighted by Crippen LogP contribution is -2.32. The summed E-state index contributed by atoms with van der Waals surface area (Å²) < 4.78 is 0. The largest absolute Gasteiger partial charge is 0.313 e. The Morgan fingerprint density at radius 1 is 1.44 bits per heavy atom. The topological polar surface area (TPSA) is 28.2 Å². The highest BCUT2D eigenvalue weighted by atomic mass is 15.2. The van der Waals surface area contributed by atoms with Gasteiger partial charge in [0.15, 0.2) is 0 Å². The SMILES string of the molecule is CCNC1CCN(CCc2ccncc2)C1. The third-order valence-corrected chi connectivity index (χ3v) is 3.23. The standard InChI is InChI=1S/C13H21N3/c1-2-15-13-6-10-16(11-13)9-5-12-3-7-14-8-4-12/h3-4,7-8,13,15H,2,5-6,9-11H2,1H3. The van der Waals surface area contributed by atoms with Crippen LogP contribution in [0.3, 0.4) is 0 Å². The van der Waals surface area contributed by atoms with Gasteiger partial charge in [-0.1, -0.05) is 6.92 Å². The van der Waals surface area contributed by atoms with Gasteiger partial charge < -0.3 is 10.2 Å². The molecule has 0 radical (unpaired) electrons. The zero-order valence-corrected chi connectivity index (χ0v) is 10.0. The lowest BCUT2D eigenvalue weighted by atomic mass is 10.2. The minimum Gasteiger partial charge on any atom is -0.313 e. The Bertz CT molecular complexity index is 299. The van der Waals surface area contributed by atoms with Gasteiger partial charge in [0.05, 0.1) is 0 Å². The first-order chi connectivity index (χ1) is 7.88. The third-order valence-electron chi connectivity index (χ3n) is 3.23. The Morgan fingerprint density at radius 3 is 3.00 bits per heavy atom. The van der Waals surface area contributed by atoms with Crippen molar-refractivity contribution in [2.24, 2.45) is 0 Å². The summed E-state index contributed by atoms with van der Waals surface area (Å²) in [6, 6.07) is 4.93. The van der Waals surface area contributed by atoms with Crippen molar-refractivity contribution in [3.63, 3.8) is 0 Å². The lowest BCUT2D eigenvalue weighted by molar-refractivity contribution is 0.332. The van der Waals surface area contributed by atoms with Crippen molar-refractivity contribution in [1.82, 2.24) is 15.2 Å². The quantitative estimate of drug-likeness (QED) is 0.809. The fourth-order valence-corrected chi connectivity index (χ4v) is 2.33. The number of likely N-dealkylation sites (N-methyl/N-ethyl adjacent to an activating group) is 1. The number of hydrogen-bond acceptors (Lipinski definition) is 3. The lowest BCUT2D eigenvalue weighted by Gasteiger charge is -2.16. The van der Waals surface area contributed by atoms with Gasteiger partial charge in [-0.25, -0.2) is 0 Å². The van der Waals surface area contributed by atoms with Crippen molar-refractivity contribution in [1.29, 1.82) is 0 Å². The number of hydrogen-bond donors (Lipinski definition) is 1. The molecule has 1 aliphatic rings. The maximum Gasteiger partial charge on any atom is 0.0270 e. The summed E-state index contributed by atoms with van der Waals surface area (Å²) in [4.78, 5) is 6.59. The molecule has 3 nitrogen and oxygen atoms in total. The van der Waals surface area contributed by atoms with E-state index < -0.39 is 0 Å². The predicted molar refractivity (Wildman–Crippen MR) is 66.5 cm³/mol. The van der Waals surface area contributed by atoms with Crippen LogP contribution in [0.5, 0.6) is 0 Å². The van der Waals surface area contributed by atoms with Gasteiger partial charge in [0, 0.05) is 31.5 Å². The molecule has 16 heavy (non-hydrogen) atoms. The summed E-state index contributed by atoms with van der Waals surface area (Å²) in [5.74, 6) is 0. The summed E-state index contributed by atoms with van der Waals surface area (Å²) in [6.45, 7) is 6.88. The molecule has 2 rings (SSSR count). The molecule has 0 bridgehead atoms. The Hall–Kier alpha value is -0.930. The van der Waals surface area contributed by atoms with Crippen molar-refractivity contribution in [2.75, 3.05) is 26.2 Å². The number of nitrogens with zero attached hydrogens (tertiary/aromatic N) is 2. The number of pyridine rings is 1. The van der Waals surface area contributed by atoms with Crippen molar-refractivity contribution in [3.8, 4) is 0 Å². The first kappa shape index (κ1) is 11.6. The molecule has 1 unspecified atom stereocenters. The molecular formula is C13H21N3. The number of nitrogens with one attached hydrogen (secondary N) is 1. The van der Waals surface area contributed by atoms with Crippen LogP contribution in [0.1, 0.15) is 18.9 Å². The monoisotopic (exact) mass is 219 g/mol. The highest BCUT2D eigenvalue weighted by Crippen LogP contribution is 2.10. The van der Waals surface area contributed by atoms with E-state index >= 15 is 0 Å². The summed E-state index contributed by atoms with van der Waals surface area (Å²) in [6.07, 6.45) is 6.19. The molecule has 88 valence electrons. The number of rotatable bonds is 5. The Kier molecular flexibility index (Phi) is 4.31. The number of likely N-dealkylation sites (tertiary alicyclic amines) is 1. The second kappa shape index (κ2) is 5.97. The van der Waals surface area contributed by atoms with E-state index in [-0.39, 0.29) is 0 Å². The van der Waals surface area contributed by atoms with Crippen LogP contribution in [0.15, 0.2) is 24.5 Å². The van der Waals surface area contributed by atoms with Gasteiger partial charge in [-0.2, -0.15) is 0 Å². The predicted octanol–water partition coefficient (Wildman–Crippen LogP) is 1.31. The fraction of sp³-hybridized carbons (Fsp3) is 0.615. The van der Waals surface area contributed by atoms with E-state index in [1.54, 1.807) is 0 Å². The Morgan fingerprint density at radius 2 is 2.25 bits per heavy atom. The molecule has 0 aliphatic carbocycles. The molecule has 1 N–H and O–H groups in total. The normalized spacial score (nSPS) is 21.4. The van der Waals surface area contributed by atoms with E-state index in [1.165, 1.54) is 31.6 Å². The van der Waals surface area contributed by atoms with Gasteiger partial charge in [0.1, 0.15) is 0 Å². The van der Waals surface area contributed by atoms with Gasteiger partial charge in [0.2, 0.25) is 0 Å². The first-order valence-corrected chi connectivity index (χ1v) is 6.23. The first-order valence-electron chi connectivity index (χ1n) is 6.23. The second-order valence-electron chi connectivity index (χ2n) is 4.45. The molecule has 3 heteroatoms. The highest BCUT2D eigenvalue weighted by molar-refractivity contribution is 5.10. The van der Waals surface area contributed by atoms with E-state index in [0.717, 1.165) is 13.0 Å². The van der Waals surface area contributed by atoms with Gasteiger partial charge in [-0.05, 0) is 43.6 Å². The van der Waals surface area contributed by atoms with Crippen LogP contribution < -0.4 is 5.32 Å². The third kappa shape index (κ3) is 3.29. The minimum atomic E-state index is 0.711. The molecule has 0 amide bonds. The molecule has 0 spiro atoms. The van der Waals surface area contributed by atoms with Gasteiger partial charge >= 0.3 is 0 Å². The summed E-state index contributed by atoms with van der Waals surface area (Å²) >= 11 is 0. The zero-order chi connectivity index (χ0) is 11.2.